The fraction of sp³-hybridized carbons (Fsp3) is 1.00. The smallest absolute Gasteiger partial charge is 0.0809 e. The van der Waals surface area contributed by atoms with Gasteiger partial charge in [0, 0.05) is 19.3 Å². The van der Waals surface area contributed by atoms with Crippen LogP contribution in [0, 0.1) is 0 Å². The summed E-state index contributed by atoms with van der Waals surface area (Å²) in [5, 5.41) is 3.71. The van der Waals surface area contributed by atoms with Crippen molar-refractivity contribution in [3.05, 3.63) is 0 Å². The van der Waals surface area contributed by atoms with E-state index in [1.54, 1.807) is 0 Å². The molecular formula is C17H34N2O2. The van der Waals surface area contributed by atoms with Crippen molar-refractivity contribution in [3.8, 4) is 0 Å². The first-order valence-corrected chi connectivity index (χ1v) is 9.03. The molecule has 2 rings (SSSR count). The van der Waals surface area contributed by atoms with Gasteiger partial charge in [0.1, 0.15) is 0 Å². The Balaban J connectivity index is 1.44. The Hall–Kier alpha value is -0.160. The molecule has 0 aliphatic carbocycles. The van der Waals surface area contributed by atoms with Crippen LogP contribution in [0.2, 0.25) is 0 Å². The molecule has 4 nitrogen and oxygen atoms in total. The molecule has 2 aliphatic heterocycles. The summed E-state index contributed by atoms with van der Waals surface area (Å²) in [6.45, 7) is 9.76. The van der Waals surface area contributed by atoms with Gasteiger partial charge in [-0.05, 0) is 71.1 Å². The Morgan fingerprint density at radius 1 is 1.19 bits per heavy atom. The minimum absolute atomic E-state index is 0.365. The number of nitrogens with zero attached hydrogens (tertiary/aromatic N) is 1. The Labute approximate surface area is 130 Å². The fourth-order valence-corrected chi connectivity index (χ4v) is 3.37. The maximum absolute atomic E-state index is 5.71. The number of ether oxygens (including phenoxy) is 2. The molecule has 2 aliphatic rings. The summed E-state index contributed by atoms with van der Waals surface area (Å²) in [5.74, 6) is 0. The van der Waals surface area contributed by atoms with Gasteiger partial charge < -0.3 is 19.7 Å². The van der Waals surface area contributed by atoms with Crippen LogP contribution in [0.5, 0.6) is 0 Å². The molecule has 0 amide bonds. The van der Waals surface area contributed by atoms with E-state index in [0.29, 0.717) is 12.1 Å². The van der Waals surface area contributed by atoms with Crippen LogP contribution in [0.1, 0.15) is 51.9 Å². The van der Waals surface area contributed by atoms with Gasteiger partial charge in [0.05, 0.1) is 12.7 Å². The summed E-state index contributed by atoms with van der Waals surface area (Å²) < 4.78 is 11.3. The highest BCUT2D eigenvalue weighted by molar-refractivity contribution is 4.74. The van der Waals surface area contributed by atoms with Crippen molar-refractivity contribution in [3.63, 3.8) is 0 Å². The molecule has 0 aromatic heterocycles. The standard InChI is InChI=1S/C17H34N2O2/c1-2-10-19-11-3-6-16(8-12-19)18-9-5-13-20-15-17-7-4-14-21-17/h16-18H,2-15H2,1H3. The summed E-state index contributed by atoms with van der Waals surface area (Å²) in [6, 6.07) is 0.713. The zero-order chi connectivity index (χ0) is 14.8. The number of nitrogens with one attached hydrogen (secondary N) is 1. The van der Waals surface area contributed by atoms with Crippen molar-refractivity contribution in [1.29, 1.82) is 0 Å². The van der Waals surface area contributed by atoms with Gasteiger partial charge in [-0.1, -0.05) is 6.92 Å². The highest BCUT2D eigenvalue weighted by Crippen LogP contribution is 2.12. The van der Waals surface area contributed by atoms with E-state index in [1.807, 2.05) is 0 Å². The molecule has 0 aromatic carbocycles. The first kappa shape index (κ1) is 17.2. The van der Waals surface area contributed by atoms with Crippen molar-refractivity contribution in [2.75, 3.05) is 46.0 Å². The average molecular weight is 298 g/mol. The van der Waals surface area contributed by atoms with E-state index < -0.39 is 0 Å². The van der Waals surface area contributed by atoms with Gasteiger partial charge in [-0.15, -0.1) is 0 Å². The molecule has 21 heavy (non-hydrogen) atoms. The molecule has 2 heterocycles. The summed E-state index contributed by atoms with van der Waals surface area (Å²) in [6.07, 6.45) is 9.11. The van der Waals surface area contributed by atoms with E-state index in [2.05, 4.69) is 17.1 Å². The van der Waals surface area contributed by atoms with Gasteiger partial charge in [0.25, 0.3) is 0 Å². The topological polar surface area (TPSA) is 33.7 Å². The van der Waals surface area contributed by atoms with Crippen LogP contribution in [0.3, 0.4) is 0 Å². The second kappa shape index (κ2) is 10.5. The number of hydrogen-bond acceptors (Lipinski definition) is 4. The summed E-state index contributed by atoms with van der Waals surface area (Å²) >= 11 is 0. The van der Waals surface area contributed by atoms with Crippen molar-refractivity contribution >= 4 is 0 Å². The van der Waals surface area contributed by atoms with Crippen LogP contribution >= 0.6 is 0 Å². The van der Waals surface area contributed by atoms with Gasteiger partial charge >= 0.3 is 0 Å². The first-order chi connectivity index (χ1) is 10.4. The third-order valence-electron chi connectivity index (χ3n) is 4.59. The quantitative estimate of drug-likeness (QED) is 0.663. The lowest BCUT2D eigenvalue weighted by atomic mass is 10.1. The maximum atomic E-state index is 5.71. The molecule has 0 aromatic rings. The minimum atomic E-state index is 0.365. The molecule has 0 radical (unpaired) electrons. The van der Waals surface area contributed by atoms with Gasteiger partial charge in [0.2, 0.25) is 0 Å². The third-order valence-corrected chi connectivity index (χ3v) is 4.59. The van der Waals surface area contributed by atoms with Crippen molar-refractivity contribution < 1.29 is 9.47 Å². The molecule has 2 fully saturated rings. The minimum Gasteiger partial charge on any atom is -0.379 e. The Kier molecular flexibility index (Phi) is 8.64. The zero-order valence-corrected chi connectivity index (χ0v) is 13.8. The van der Waals surface area contributed by atoms with E-state index in [4.69, 9.17) is 9.47 Å². The average Bonchev–Trinajstić information content (AvgIpc) is 2.91. The van der Waals surface area contributed by atoms with E-state index in [9.17, 15) is 0 Å². The fourth-order valence-electron chi connectivity index (χ4n) is 3.37. The lowest BCUT2D eigenvalue weighted by Crippen LogP contribution is -2.32. The van der Waals surface area contributed by atoms with Crippen LogP contribution in [0.15, 0.2) is 0 Å². The molecule has 2 unspecified atom stereocenters. The molecule has 124 valence electrons. The van der Waals surface area contributed by atoms with Gasteiger partial charge in [-0.3, -0.25) is 0 Å². The zero-order valence-electron chi connectivity index (χ0n) is 13.8. The second-order valence-electron chi connectivity index (χ2n) is 6.49. The van der Waals surface area contributed by atoms with E-state index in [0.717, 1.165) is 32.8 Å². The predicted molar refractivity (Wildman–Crippen MR) is 86.8 cm³/mol. The normalized spacial score (nSPS) is 27.9. The lowest BCUT2D eigenvalue weighted by molar-refractivity contribution is 0.0165. The Bertz CT molecular complexity index is 257. The monoisotopic (exact) mass is 298 g/mol. The van der Waals surface area contributed by atoms with Crippen molar-refractivity contribution in [2.24, 2.45) is 0 Å². The molecular weight excluding hydrogens is 264 g/mol. The number of hydrogen-bond donors (Lipinski definition) is 1. The first-order valence-electron chi connectivity index (χ1n) is 9.03. The largest absolute Gasteiger partial charge is 0.379 e. The lowest BCUT2D eigenvalue weighted by Gasteiger charge is -2.19. The second-order valence-corrected chi connectivity index (χ2v) is 6.49. The third kappa shape index (κ3) is 7.09. The molecule has 2 saturated heterocycles. The summed E-state index contributed by atoms with van der Waals surface area (Å²) in [7, 11) is 0. The Morgan fingerprint density at radius 3 is 2.95 bits per heavy atom. The highest BCUT2D eigenvalue weighted by Gasteiger charge is 2.16. The molecule has 2 atom stereocenters. The van der Waals surface area contributed by atoms with E-state index in [1.165, 1.54) is 58.2 Å². The molecule has 1 N–H and O–H groups in total. The summed E-state index contributed by atoms with van der Waals surface area (Å²) in [5.41, 5.74) is 0. The number of likely N-dealkylation sites (tertiary alicyclic amines) is 1. The SMILES string of the molecule is CCCN1CCCC(NCCCOCC2CCCO2)CC1. The van der Waals surface area contributed by atoms with Crippen molar-refractivity contribution in [1.82, 2.24) is 10.2 Å². The molecule has 4 heteroatoms. The molecule has 0 saturated carbocycles. The Morgan fingerprint density at radius 2 is 2.14 bits per heavy atom. The van der Waals surface area contributed by atoms with Gasteiger partial charge in [0.15, 0.2) is 0 Å². The molecule has 0 spiro atoms. The molecule has 0 bridgehead atoms. The van der Waals surface area contributed by atoms with Crippen molar-refractivity contribution in [2.45, 2.75) is 64.0 Å². The van der Waals surface area contributed by atoms with E-state index >= 15 is 0 Å². The van der Waals surface area contributed by atoms with Crippen LogP contribution < -0.4 is 5.32 Å². The summed E-state index contributed by atoms with van der Waals surface area (Å²) in [4.78, 5) is 2.62. The highest BCUT2D eigenvalue weighted by atomic mass is 16.5. The van der Waals surface area contributed by atoms with Crippen LogP contribution in [0.25, 0.3) is 0 Å². The van der Waals surface area contributed by atoms with Crippen LogP contribution in [0.4, 0.5) is 0 Å². The van der Waals surface area contributed by atoms with E-state index in [-0.39, 0.29) is 0 Å². The van der Waals surface area contributed by atoms with Gasteiger partial charge in [-0.2, -0.15) is 0 Å². The predicted octanol–water partition coefficient (Wildman–Crippen LogP) is 2.43. The van der Waals surface area contributed by atoms with Crippen LogP contribution in [-0.2, 0) is 9.47 Å². The van der Waals surface area contributed by atoms with Crippen LogP contribution in [-0.4, -0.2) is 63.0 Å². The van der Waals surface area contributed by atoms with Gasteiger partial charge in [-0.25, -0.2) is 0 Å². The number of rotatable bonds is 9. The maximum Gasteiger partial charge on any atom is 0.0809 e.